The summed E-state index contributed by atoms with van der Waals surface area (Å²) < 4.78 is 23.6. The second kappa shape index (κ2) is 7.02. The Morgan fingerprint density at radius 3 is 2.56 bits per heavy atom. The van der Waals surface area contributed by atoms with Gasteiger partial charge >= 0.3 is 0 Å². The number of nitrogens with zero attached hydrogens (tertiary/aromatic N) is 3. The van der Waals surface area contributed by atoms with Crippen molar-refractivity contribution in [2.24, 2.45) is 5.10 Å². The maximum Gasteiger partial charge on any atom is 0.270 e. The van der Waals surface area contributed by atoms with Crippen molar-refractivity contribution < 1.29 is 13.3 Å². The minimum absolute atomic E-state index is 0.0151. The topological polar surface area (TPSA) is 92.9 Å². The van der Waals surface area contributed by atoms with Gasteiger partial charge in [-0.05, 0) is 18.6 Å². The van der Waals surface area contributed by atoms with Crippen molar-refractivity contribution in [2.45, 2.75) is 12.5 Å². The first-order valence-electron chi connectivity index (χ1n) is 7.78. The first-order chi connectivity index (χ1) is 11.9. The SMILES string of the molecule is O=[N+]([O-])c1cccc(C=NN(c2ccccc2)C2CCS(=O)(=O)C2)c1. The monoisotopic (exact) mass is 359 g/mol. The van der Waals surface area contributed by atoms with Gasteiger partial charge in [0.15, 0.2) is 9.84 Å². The van der Waals surface area contributed by atoms with Crippen LogP contribution in [0.5, 0.6) is 0 Å². The fourth-order valence-electron chi connectivity index (χ4n) is 2.77. The Morgan fingerprint density at radius 2 is 1.92 bits per heavy atom. The lowest BCUT2D eigenvalue weighted by molar-refractivity contribution is -0.384. The summed E-state index contributed by atoms with van der Waals surface area (Å²) in [6.45, 7) is 0. The lowest BCUT2D eigenvalue weighted by atomic mass is 10.2. The van der Waals surface area contributed by atoms with E-state index in [1.165, 1.54) is 18.3 Å². The van der Waals surface area contributed by atoms with Gasteiger partial charge in [0.1, 0.15) is 0 Å². The van der Waals surface area contributed by atoms with E-state index in [-0.39, 0.29) is 23.2 Å². The number of non-ortho nitro benzene ring substituents is 1. The van der Waals surface area contributed by atoms with Crippen molar-refractivity contribution in [3.05, 3.63) is 70.3 Å². The van der Waals surface area contributed by atoms with E-state index in [0.29, 0.717) is 12.0 Å². The molecule has 1 fully saturated rings. The van der Waals surface area contributed by atoms with Gasteiger partial charge in [0.2, 0.25) is 0 Å². The van der Waals surface area contributed by atoms with Crippen LogP contribution in [0, 0.1) is 10.1 Å². The molecule has 0 aromatic heterocycles. The average Bonchev–Trinajstić information content (AvgIpc) is 2.96. The number of nitro benzene ring substituents is 1. The fraction of sp³-hybridized carbons (Fsp3) is 0.235. The lowest BCUT2D eigenvalue weighted by Crippen LogP contribution is -2.31. The highest BCUT2D eigenvalue weighted by molar-refractivity contribution is 7.91. The third-order valence-corrected chi connectivity index (χ3v) is 5.74. The van der Waals surface area contributed by atoms with Crippen molar-refractivity contribution in [1.82, 2.24) is 0 Å². The lowest BCUT2D eigenvalue weighted by Gasteiger charge is -2.25. The summed E-state index contributed by atoms with van der Waals surface area (Å²) in [6, 6.07) is 15.2. The van der Waals surface area contributed by atoms with E-state index in [1.807, 2.05) is 30.3 Å². The number of rotatable bonds is 5. The number of sulfone groups is 1. The van der Waals surface area contributed by atoms with Crippen molar-refractivity contribution in [3.63, 3.8) is 0 Å². The van der Waals surface area contributed by atoms with Gasteiger partial charge in [-0.25, -0.2) is 8.42 Å². The van der Waals surface area contributed by atoms with E-state index in [4.69, 9.17) is 0 Å². The molecule has 0 spiro atoms. The van der Waals surface area contributed by atoms with E-state index in [2.05, 4.69) is 5.10 Å². The standard InChI is InChI=1S/C17H17N3O4S/c21-20(22)16-8-4-5-14(11-16)12-18-19(15-6-2-1-3-7-15)17-9-10-25(23,24)13-17/h1-8,11-12,17H,9-10,13H2. The Labute approximate surface area is 145 Å². The molecule has 2 aromatic rings. The molecule has 1 saturated heterocycles. The third kappa shape index (κ3) is 4.21. The summed E-state index contributed by atoms with van der Waals surface area (Å²) in [5, 5.41) is 17.0. The fourth-order valence-corrected chi connectivity index (χ4v) is 4.46. The zero-order valence-corrected chi connectivity index (χ0v) is 14.2. The largest absolute Gasteiger partial charge is 0.270 e. The van der Waals surface area contributed by atoms with Gasteiger partial charge in [-0.3, -0.25) is 15.1 Å². The maximum absolute atomic E-state index is 11.8. The number of nitro groups is 1. The molecule has 0 radical (unpaired) electrons. The minimum Gasteiger partial charge on any atom is -0.261 e. The first kappa shape index (κ1) is 17.1. The maximum atomic E-state index is 11.8. The van der Waals surface area contributed by atoms with Crippen LogP contribution in [0.3, 0.4) is 0 Å². The predicted molar refractivity (Wildman–Crippen MR) is 96.7 cm³/mol. The molecule has 1 heterocycles. The average molecular weight is 359 g/mol. The minimum atomic E-state index is -3.05. The van der Waals surface area contributed by atoms with Crippen molar-refractivity contribution in [3.8, 4) is 0 Å². The van der Waals surface area contributed by atoms with E-state index in [1.54, 1.807) is 17.1 Å². The molecule has 0 saturated carbocycles. The first-order valence-corrected chi connectivity index (χ1v) is 9.60. The molecule has 8 heteroatoms. The number of benzene rings is 2. The molecule has 130 valence electrons. The third-order valence-electron chi connectivity index (χ3n) is 3.99. The van der Waals surface area contributed by atoms with Crippen molar-refractivity contribution >= 4 is 27.4 Å². The Balaban J connectivity index is 1.90. The van der Waals surface area contributed by atoms with Gasteiger partial charge in [-0.1, -0.05) is 30.3 Å². The van der Waals surface area contributed by atoms with Crippen LogP contribution in [-0.2, 0) is 9.84 Å². The second-order valence-corrected chi connectivity index (χ2v) is 8.06. The Morgan fingerprint density at radius 1 is 1.16 bits per heavy atom. The van der Waals surface area contributed by atoms with Crippen molar-refractivity contribution in [2.75, 3.05) is 16.5 Å². The molecule has 1 aliphatic heterocycles. The number of hydrogen-bond acceptors (Lipinski definition) is 6. The number of para-hydroxylation sites is 1. The van der Waals surface area contributed by atoms with E-state index in [0.717, 1.165) is 5.69 Å². The zero-order valence-electron chi connectivity index (χ0n) is 13.4. The molecular formula is C17H17N3O4S. The second-order valence-electron chi connectivity index (χ2n) is 5.83. The highest BCUT2D eigenvalue weighted by Crippen LogP contribution is 2.24. The number of hydrogen-bond donors (Lipinski definition) is 0. The summed E-state index contributed by atoms with van der Waals surface area (Å²) in [4.78, 5) is 10.4. The summed E-state index contributed by atoms with van der Waals surface area (Å²) in [6.07, 6.45) is 2.02. The Bertz CT molecular complexity index is 897. The summed E-state index contributed by atoms with van der Waals surface area (Å²) in [5.74, 6) is 0.196. The van der Waals surface area contributed by atoms with Crippen molar-refractivity contribution in [1.29, 1.82) is 0 Å². The smallest absolute Gasteiger partial charge is 0.261 e. The molecule has 25 heavy (non-hydrogen) atoms. The molecule has 1 aliphatic rings. The molecule has 0 bridgehead atoms. The number of hydrazone groups is 1. The predicted octanol–water partition coefficient (Wildman–Crippen LogP) is 2.62. The van der Waals surface area contributed by atoms with E-state index < -0.39 is 14.8 Å². The van der Waals surface area contributed by atoms with Gasteiger partial charge in [0, 0.05) is 17.7 Å². The van der Waals surface area contributed by atoms with Gasteiger partial charge in [-0.2, -0.15) is 5.10 Å². The highest BCUT2D eigenvalue weighted by Gasteiger charge is 2.32. The van der Waals surface area contributed by atoms with Gasteiger partial charge in [0.05, 0.1) is 34.4 Å². The van der Waals surface area contributed by atoms with Gasteiger partial charge < -0.3 is 0 Å². The van der Waals surface area contributed by atoms with Crippen LogP contribution in [0.25, 0.3) is 0 Å². The molecule has 1 unspecified atom stereocenters. The molecule has 2 aromatic carbocycles. The molecule has 7 nitrogen and oxygen atoms in total. The molecule has 0 amide bonds. The summed E-state index contributed by atoms with van der Waals surface area (Å²) in [7, 11) is -3.05. The van der Waals surface area contributed by atoms with Crippen LogP contribution in [0.2, 0.25) is 0 Å². The van der Waals surface area contributed by atoms with Crippen LogP contribution < -0.4 is 5.01 Å². The summed E-state index contributed by atoms with van der Waals surface area (Å²) in [5.41, 5.74) is 1.35. The molecule has 0 aliphatic carbocycles. The van der Waals surface area contributed by atoms with Gasteiger partial charge in [0.25, 0.3) is 5.69 Å². The van der Waals surface area contributed by atoms with Gasteiger partial charge in [-0.15, -0.1) is 0 Å². The van der Waals surface area contributed by atoms with E-state index >= 15 is 0 Å². The molecule has 3 rings (SSSR count). The Kier molecular flexibility index (Phi) is 4.80. The quantitative estimate of drug-likeness (QED) is 0.465. The molecular weight excluding hydrogens is 342 g/mol. The molecule has 1 atom stereocenters. The van der Waals surface area contributed by atoms with Crippen LogP contribution in [-0.4, -0.2) is 37.1 Å². The normalized spacial score (nSPS) is 19.1. The highest BCUT2D eigenvalue weighted by atomic mass is 32.2. The zero-order chi connectivity index (χ0) is 17.9. The van der Waals surface area contributed by atoms with Crippen LogP contribution in [0.1, 0.15) is 12.0 Å². The molecule has 0 N–H and O–H groups in total. The number of anilines is 1. The van der Waals surface area contributed by atoms with Crippen LogP contribution in [0.4, 0.5) is 11.4 Å². The van der Waals surface area contributed by atoms with Crippen LogP contribution >= 0.6 is 0 Å². The Hall–Kier alpha value is -2.74. The summed E-state index contributed by atoms with van der Waals surface area (Å²) >= 11 is 0. The van der Waals surface area contributed by atoms with E-state index in [9.17, 15) is 18.5 Å². The van der Waals surface area contributed by atoms with Crippen LogP contribution in [0.15, 0.2) is 59.7 Å².